The number of aromatic nitrogens is 2. The molecule has 6 heteroatoms. The number of allylic oxidation sites excluding steroid dienone is 3. The van der Waals surface area contributed by atoms with Gasteiger partial charge in [0.25, 0.3) is 5.91 Å². The number of rotatable bonds is 12. The third-order valence-electron chi connectivity index (χ3n) is 8.50. The van der Waals surface area contributed by atoms with Gasteiger partial charge in [-0.05, 0) is 101 Å². The molecule has 1 amide bonds. The Labute approximate surface area is 276 Å². The number of carbonyl (C=O) groups is 1. The summed E-state index contributed by atoms with van der Waals surface area (Å²) in [7, 11) is 0. The predicted molar refractivity (Wildman–Crippen MR) is 194 cm³/mol. The van der Waals surface area contributed by atoms with Crippen LogP contribution in [0.5, 0.6) is 0 Å². The first-order valence-electron chi connectivity index (χ1n) is 16.9. The second kappa shape index (κ2) is 16.3. The summed E-state index contributed by atoms with van der Waals surface area (Å²) in [6, 6.07) is 13.9. The summed E-state index contributed by atoms with van der Waals surface area (Å²) < 4.78 is 1.96. The highest BCUT2D eigenvalue weighted by molar-refractivity contribution is 6.04. The third kappa shape index (κ3) is 10.1. The van der Waals surface area contributed by atoms with E-state index in [0.29, 0.717) is 12.0 Å². The Hall–Kier alpha value is -4.37. The lowest BCUT2D eigenvalue weighted by molar-refractivity contribution is 0.102. The van der Waals surface area contributed by atoms with Gasteiger partial charge in [0, 0.05) is 34.8 Å². The number of benzene rings is 2. The fourth-order valence-corrected chi connectivity index (χ4v) is 5.49. The fourth-order valence-electron chi connectivity index (χ4n) is 5.49. The monoisotopic (exact) mass is 617 g/mol. The molecule has 0 spiro atoms. The highest BCUT2D eigenvalue weighted by Gasteiger charge is 2.17. The van der Waals surface area contributed by atoms with Gasteiger partial charge in [-0.25, -0.2) is 4.99 Å². The number of unbranched alkanes of at least 4 members (excludes halogenated alkanes) is 1. The topological polar surface area (TPSA) is 71.3 Å². The zero-order valence-corrected chi connectivity index (χ0v) is 28.8. The van der Waals surface area contributed by atoms with Crippen molar-refractivity contribution in [3.8, 4) is 11.8 Å². The van der Waals surface area contributed by atoms with E-state index in [2.05, 4.69) is 85.4 Å². The summed E-state index contributed by atoms with van der Waals surface area (Å²) >= 11 is 0. The molecule has 1 aliphatic rings. The lowest BCUT2D eigenvalue weighted by Crippen LogP contribution is -2.22. The first-order chi connectivity index (χ1) is 22.0. The third-order valence-corrected chi connectivity index (χ3v) is 8.50. The first-order valence-corrected chi connectivity index (χ1v) is 16.9. The van der Waals surface area contributed by atoms with E-state index in [1.165, 1.54) is 44.1 Å². The Morgan fingerprint density at radius 1 is 1.00 bits per heavy atom. The molecule has 2 heterocycles. The number of amides is 1. The van der Waals surface area contributed by atoms with Gasteiger partial charge in [0.2, 0.25) is 0 Å². The summed E-state index contributed by atoms with van der Waals surface area (Å²) in [5.74, 6) is 8.01. The average Bonchev–Trinajstić information content (AvgIpc) is 3.26. The molecule has 4 rings (SSSR count). The summed E-state index contributed by atoms with van der Waals surface area (Å²) in [6.07, 6.45) is 17.4. The summed E-state index contributed by atoms with van der Waals surface area (Å²) in [6.45, 7) is 15.0. The Balaban J connectivity index is 1.33. The Kier molecular flexibility index (Phi) is 12.2. The molecule has 46 heavy (non-hydrogen) atoms. The van der Waals surface area contributed by atoms with Crippen molar-refractivity contribution in [2.45, 2.75) is 105 Å². The number of carbonyl (C=O) groups excluding carboxylic acids is 1. The smallest absolute Gasteiger partial charge is 0.255 e. The van der Waals surface area contributed by atoms with Gasteiger partial charge in [-0.1, -0.05) is 82.1 Å². The fraction of sp³-hybridized carbons (Fsp3) is 0.425. The van der Waals surface area contributed by atoms with Gasteiger partial charge < -0.3 is 10.6 Å². The van der Waals surface area contributed by atoms with E-state index in [1.54, 1.807) is 6.21 Å². The van der Waals surface area contributed by atoms with Crippen molar-refractivity contribution in [3.05, 3.63) is 100 Å². The molecular weight excluding hydrogens is 566 g/mol. The number of nitrogens with one attached hydrogen (secondary N) is 2. The molecule has 0 aliphatic carbocycles. The lowest BCUT2D eigenvalue weighted by atomic mass is 9.93. The molecule has 0 bridgehead atoms. The molecule has 2 aromatic carbocycles. The molecule has 1 aliphatic heterocycles. The quantitative estimate of drug-likeness (QED) is 0.157. The van der Waals surface area contributed by atoms with Crippen LogP contribution < -0.4 is 10.6 Å². The van der Waals surface area contributed by atoms with Crippen LogP contribution in [0.2, 0.25) is 0 Å². The Morgan fingerprint density at radius 2 is 1.78 bits per heavy atom. The second-order valence-corrected chi connectivity index (χ2v) is 13.4. The van der Waals surface area contributed by atoms with Crippen LogP contribution in [0.15, 0.2) is 77.2 Å². The van der Waals surface area contributed by atoms with E-state index >= 15 is 0 Å². The van der Waals surface area contributed by atoms with Crippen molar-refractivity contribution in [1.29, 1.82) is 0 Å². The van der Waals surface area contributed by atoms with E-state index in [0.717, 1.165) is 51.9 Å². The SMILES string of the molecule is CCCC(CC)CCCCc1ccc(NC(=O)c2ccc(C)c(C#CC3=CCC=C(Nc4cn(C(C)(C)C)nc4C)N=C3)c2)cc1. The van der Waals surface area contributed by atoms with Crippen molar-refractivity contribution < 1.29 is 4.79 Å². The zero-order valence-electron chi connectivity index (χ0n) is 28.8. The molecule has 2 N–H and O–H groups in total. The zero-order chi connectivity index (χ0) is 33.1. The predicted octanol–water partition coefficient (Wildman–Crippen LogP) is 9.75. The summed E-state index contributed by atoms with van der Waals surface area (Å²) in [5.41, 5.74) is 7.14. The standard InChI is InChI=1S/C40H51N5O/c1-8-13-31(9-2)14-10-11-15-32-20-24-36(25-21-32)42-39(46)35-22-18-29(3)34(26-35)23-19-33-16-12-17-38(41-27-33)43-37-28-45(40(5,6)7)44-30(37)4/h16-18,20-22,24-28,31,43H,8-15H2,1-7H3,(H,42,46). The van der Waals surface area contributed by atoms with Crippen LogP contribution in [-0.2, 0) is 12.0 Å². The van der Waals surface area contributed by atoms with Gasteiger partial charge >= 0.3 is 0 Å². The molecule has 1 unspecified atom stereocenters. The lowest BCUT2D eigenvalue weighted by Gasteiger charge is -2.18. The van der Waals surface area contributed by atoms with Crippen molar-refractivity contribution in [3.63, 3.8) is 0 Å². The van der Waals surface area contributed by atoms with Crippen LogP contribution in [-0.4, -0.2) is 21.9 Å². The molecule has 6 nitrogen and oxygen atoms in total. The Bertz CT molecular complexity index is 1640. The average molecular weight is 618 g/mol. The Morgan fingerprint density at radius 3 is 2.48 bits per heavy atom. The normalized spacial score (nSPS) is 13.6. The molecule has 0 fully saturated rings. The van der Waals surface area contributed by atoms with E-state index in [-0.39, 0.29) is 11.4 Å². The maximum atomic E-state index is 13.1. The van der Waals surface area contributed by atoms with E-state index < -0.39 is 0 Å². The van der Waals surface area contributed by atoms with Crippen LogP contribution in [0.3, 0.4) is 0 Å². The highest BCUT2D eigenvalue weighted by atomic mass is 16.1. The number of hydrogen-bond donors (Lipinski definition) is 2. The van der Waals surface area contributed by atoms with Crippen LogP contribution in [0.1, 0.15) is 112 Å². The molecule has 1 atom stereocenters. The van der Waals surface area contributed by atoms with Gasteiger partial charge in [0.15, 0.2) is 0 Å². The minimum absolute atomic E-state index is 0.0939. The van der Waals surface area contributed by atoms with Gasteiger partial charge in [0.05, 0.1) is 16.9 Å². The molecule has 0 radical (unpaired) electrons. The number of aryl methyl sites for hydroxylation is 3. The van der Waals surface area contributed by atoms with Crippen molar-refractivity contribution in [2.75, 3.05) is 10.6 Å². The van der Waals surface area contributed by atoms with Crippen LogP contribution in [0, 0.1) is 31.6 Å². The molecule has 0 saturated carbocycles. The molecule has 1 aromatic heterocycles. The van der Waals surface area contributed by atoms with Gasteiger partial charge in [0.1, 0.15) is 5.82 Å². The van der Waals surface area contributed by atoms with Crippen LogP contribution in [0.25, 0.3) is 0 Å². The number of hydrogen-bond acceptors (Lipinski definition) is 4. The maximum Gasteiger partial charge on any atom is 0.255 e. The van der Waals surface area contributed by atoms with E-state index in [9.17, 15) is 4.79 Å². The molecule has 3 aromatic rings. The van der Waals surface area contributed by atoms with Gasteiger partial charge in [-0.15, -0.1) is 0 Å². The molecule has 0 saturated heterocycles. The first kappa shape index (κ1) is 34.5. The minimum atomic E-state index is -0.141. The van der Waals surface area contributed by atoms with Crippen LogP contribution >= 0.6 is 0 Å². The van der Waals surface area contributed by atoms with E-state index in [1.807, 2.05) is 61.1 Å². The van der Waals surface area contributed by atoms with Crippen molar-refractivity contribution in [2.24, 2.45) is 10.9 Å². The van der Waals surface area contributed by atoms with Crippen molar-refractivity contribution >= 4 is 23.5 Å². The number of nitrogens with zero attached hydrogens (tertiary/aromatic N) is 3. The molecular formula is C40H51N5O. The highest BCUT2D eigenvalue weighted by Crippen LogP contribution is 2.23. The number of aliphatic imine (C=N–C) groups is 1. The van der Waals surface area contributed by atoms with Crippen molar-refractivity contribution in [1.82, 2.24) is 9.78 Å². The molecule has 242 valence electrons. The largest absolute Gasteiger partial charge is 0.338 e. The summed E-state index contributed by atoms with van der Waals surface area (Å²) in [5, 5.41) is 11.1. The van der Waals surface area contributed by atoms with Gasteiger partial charge in [-0.3, -0.25) is 9.48 Å². The summed E-state index contributed by atoms with van der Waals surface area (Å²) in [4.78, 5) is 17.8. The maximum absolute atomic E-state index is 13.1. The van der Waals surface area contributed by atoms with Gasteiger partial charge in [-0.2, -0.15) is 5.10 Å². The van der Waals surface area contributed by atoms with Crippen LogP contribution in [0.4, 0.5) is 11.4 Å². The second-order valence-electron chi connectivity index (χ2n) is 13.4. The minimum Gasteiger partial charge on any atom is -0.338 e. The van der Waals surface area contributed by atoms with E-state index in [4.69, 9.17) is 0 Å². The number of anilines is 2.